The number of fused-ring (bicyclic) bond motifs is 1. The summed E-state index contributed by atoms with van der Waals surface area (Å²) in [6.45, 7) is 1.91. The number of halogens is 2. The molecule has 1 atom stereocenters. The Kier molecular flexibility index (Phi) is 4.88. The third kappa shape index (κ3) is 3.51. The predicted molar refractivity (Wildman–Crippen MR) is 115 cm³/mol. The molecule has 1 heterocycles. The summed E-state index contributed by atoms with van der Waals surface area (Å²) in [5.41, 5.74) is 10.5. The van der Waals surface area contributed by atoms with Gasteiger partial charge < -0.3 is 11.1 Å². The minimum atomic E-state index is -0.302. The Labute approximate surface area is 168 Å². The predicted octanol–water partition coefficient (Wildman–Crippen LogP) is 6.45. The van der Waals surface area contributed by atoms with Gasteiger partial charge in [-0.05, 0) is 48.4 Å². The van der Waals surface area contributed by atoms with Gasteiger partial charge in [-0.25, -0.2) is 4.39 Å². The lowest BCUT2D eigenvalue weighted by Gasteiger charge is -2.20. The molecule has 3 aromatic carbocycles. The SMILES string of the molecule is CC(Nc1c(Cl)cnc2ccccc12)c1cc(-c2cccc(N)c2)ccc1F. The van der Waals surface area contributed by atoms with Crippen LogP contribution in [0.4, 0.5) is 15.8 Å². The van der Waals surface area contributed by atoms with Gasteiger partial charge in [-0.3, -0.25) is 4.98 Å². The smallest absolute Gasteiger partial charge is 0.128 e. The zero-order valence-electron chi connectivity index (χ0n) is 15.3. The average molecular weight is 392 g/mol. The summed E-state index contributed by atoms with van der Waals surface area (Å²) in [6, 6.07) is 20.1. The van der Waals surface area contributed by atoms with Gasteiger partial charge in [0.25, 0.3) is 0 Å². The maximum Gasteiger partial charge on any atom is 0.128 e. The van der Waals surface area contributed by atoms with Crippen molar-refractivity contribution >= 4 is 33.9 Å². The van der Waals surface area contributed by atoms with Gasteiger partial charge in [-0.1, -0.05) is 48.0 Å². The highest BCUT2D eigenvalue weighted by molar-refractivity contribution is 6.34. The van der Waals surface area contributed by atoms with Crippen LogP contribution in [0, 0.1) is 5.82 Å². The highest BCUT2D eigenvalue weighted by Gasteiger charge is 2.16. The third-order valence-electron chi connectivity index (χ3n) is 4.77. The normalized spacial score (nSPS) is 12.1. The lowest BCUT2D eigenvalue weighted by atomic mass is 9.99. The van der Waals surface area contributed by atoms with Crippen LogP contribution in [0.1, 0.15) is 18.5 Å². The Morgan fingerprint density at radius 3 is 2.61 bits per heavy atom. The zero-order valence-corrected chi connectivity index (χ0v) is 16.0. The number of aromatic nitrogens is 1. The maximum atomic E-state index is 14.6. The Balaban J connectivity index is 1.72. The molecule has 0 amide bonds. The van der Waals surface area contributed by atoms with E-state index >= 15 is 0 Å². The number of nitrogens with zero attached hydrogens (tertiary/aromatic N) is 1. The number of nitrogens with two attached hydrogens (primary N) is 1. The summed E-state index contributed by atoms with van der Waals surface area (Å²) in [7, 11) is 0. The summed E-state index contributed by atoms with van der Waals surface area (Å²) in [4.78, 5) is 4.34. The van der Waals surface area contributed by atoms with E-state index in [1.54, 1.807) is 12.3 Å². The zero-order chi connectivity index (χ0) is 19.7. The molecule has 0 saturated carbocycles. The molecule has 0 aliphatic rings. The molecule has 0 fully saturated rings. The highest BCUT2D eigenvalue weighted by Crippen LogP contribution is 2.34. The van der Waals surface area contributed by atoms with Gasteiger partial charge >= 0.3 is 0 Å². The summed E-state index contributed by atoms with van der Waals surface area (Å²) < 4.78 is 14.6. The number of nitrogen functional groups attached to an aromatic ring is 1. The first-order chi connectivity index (χ1) is 13.5. The molecule has 0 spiro atoms. The molecule has 3 nitrogen and oxygen atoms in total. The van der Waals surface area contributed by atoms with E-state index < -0.39 is 0 Å². The highest BCUT2D eigenvalue weighted by atomic mass is 35.5. The number of pyridine rings is 1. The number of hydrogen-bond donors (Lipinski definition) is 2. The molecular formula is C23H19ClFN3. The summed E-state index contributed by atoms with van der Waals surface area (Å²) in [5.74, 6) is -0.276. The van der Waals surface area contributed by atoms with Crippen molar-refractivity contribution in [3.63, 3.8) is 0 Å². The topological polar surface area (TPSA) is 50.9 Å². The maximum absolute atomic E-state index is 14.6. The Morgan fingerprint density at radius 2 is 1.79 bits per heavy atom. The first kappa shape index (κ1) is 18.3. The fraction of sp³-hybridized carbons (Fsp3) is 0.0870. The van der Waals surface area contributed by atoms with Crippen molar-refractivity contribution in [1.82, 2.24) is 4.98 Å². The van der Waals surface area contributed by atoms with E-state index in [1.807, 2.05) is 61.5 Å². The van der Waals surface area contributed by atoms with Gasteiger partial charge in [0.05, 0.1) is 22.3 Å². The van der Waals surface area contributed by atoms with Crippen molar-refractivity contribution in [2.24, 2.45) is 0 Å². The van der Waals surface area contributed by atoms with Crippen molar-refractivity contribution in [3.8, 4) is 11.1 Å². The van der Waals surface area contributed by atoms with Crippen molar-refractivity contribution < 1.29 is 4.39 Å². The monoisotopic (exact) mass is 391 g/mol. The van der Waals surface area contributed by atoms with Gasteiger partial charge in [0.1, 0.15) is 5.82 Å². The molecule has 0 saturated heterocycles. The van der Waals surface area contributed by atoms with Gasteiger partial charge in [-0.2, -0.15) is 0 Å². The average Bonchev–Trinajstić information content (AvgIpc) is 2.70. The van der Waals surface area contributed by atoms with Crippen LogP contribution < -0.4 is 11.1 Å². The molecule has 5 heteroatoms. The van der Waals surface area contributed by atoms with Crippen molar-refractivity contribution in [1.29, 1.82) is 0 Å². The second-order valence-electron chi connectivity index (χ2n) is 6.73. The number of rotatable bonds is 4. The van der Waals surface area contributed by atoms with Crippen molar-refractivity contribution in [3.05, 3.63) is 89.3 Å². The molecule has 0 radical (unpaired) electrons. The minimum absolute atomic E-state index is 0.276. The quantitative estimate of drug-likeness (QED) is 0.393. The van der Waals surface area contributed by atoms with Gasteiger partial charge in [-0.15, -0.1) is 0 Å². The van der Waals surface area contributed by atoms with Crippen LogP contribution in [0.15, 0.2) is 72.9 Å². The summed E-state index contributed by atoms with van der Waals surface area (Å²) >= 11 is 6.39. The standard InChI is InChI=1S/C23H19ClFN3/c1-14(28-23-18-7-2-3-8-22(18)27-13-20(23)24)19-12-16(9-10-21(19)25)15-5-4-6-17(26)11-15/h2-14H,26H2,1H3,(H,27,28). The fourth-order valence-corrected chi connectivity index (χ4v) is 3.54. The summed E-state index contributed by atoms with van der Waals surface area (Å²) in [5, 5.41) is 4.76. The molecule has 3 N–H and O–H groups in total. The van der Waals surface area contributed by atoms with Crippen LogP contribution in [-0.4, -0.2) is 4.98 Å². The number of nitrogens with one attached hydrogen (secondary N) is 1. The van der Waals surface area contributed by atoms with E-state index in [-0.39, 0.29) is 11.9 Å². The molecule has 1 unspecified atom stereocenters. The second kappa shape index (κ2) is 7.49. The molecule has 4 rings (SSSR count). The molecular weight excluding hydrogens is 373 g/mol. The number of para-hydroxylation sites is 1. The van der Waals surface area contributed by atoms with Gasteiger partial charge in [0.15, 0.2) is 0 Å². The lowest BCUT2D eigenvalue weighted by Crippen LogP contribution is -2.10. The second-order valence-corrected chi connectivity index (χ2v) is 7.13. The fourth-order valence-electron chi connectivity index (χ4n) is 3.33. The van der Waals surface area contributed by atoms with Crippen LogP contribution >= 0.6 is 11.6 Å². The molecule has 1 aromatic heterocycles. The van der Waals surface area contributed by atoms with Crippen LogP contribution in [0.25, 0.3) is 22.0 Å². The Morgan fingerprint density at radius 1 is 1.00 bits per heavy atom. The first-order valence-electron chi connectivity index (χ1n) is 8.98. The molecule has 0 aliphatic carbocycles. The van der Waals surface area contributed by atoms with Gasteiger partial charge in [0.2, 0.25) is 0 Å². The van der Waals surface area contributed by atoms with Crippen molar-refractivity contribution in [2.45, 2.75) is 13.0 Å². The molecule has 0 aliphatic heterocycles. The van der Waals surface area contributed by atoms with Crippen molar-refractivity contribution in [2.75, 3.05) is 11.1 Å². The van der Waals surface area contributed by atoms with E-state index in [2.05, 4.69) is 10.3 Å². The van der Waals surface area contributed by atoms with Crippen LogP contribution in [0.3, 0.4) is 0 Å². The van der Waals surface area contributed by atoms with E-state index in [9.17, 15) is 4.39 Å². The minimum Gasteiger partial charge on any atom is -0.399 e. The van der Waals surface area contributed by atoms with E-state index in [0.29, 0.717) is 16.3 Å². The van der Waals surface area contributed by atoms with Crippen LogP contribution in [0.5, 0.6) is 0 Å². The number of benzene rings is 3. The number of anilines is 2. The Bertz CT molecular complexity index is 1160. The summed E-state index contributed by atoms with van der Waals surface area (Å²) in [6.07, 6.45) is 1.61. The van der Waals surface area contributed by atoms with E-state index in [0.717, 1.165) is 27.7 Å². The lowest BCUT2D eigenvalue weighted by molar-refractivity contribution is 0.600. The van der Waals surface area contributed by atoms with E-state index in [4.69, 9.17) is 17.3 Å². The molecule has 4 aromatic rings. The van der Waals surface area contributed by atoms with Crippen LogP contribution in [-0.2, 0) is 0 Å². The molecule has 0 bridgehead atoms. The molecule has 28 heavy (non-hydrogen) atoms. The first-order valence-corrected chi connectivity index (χ1v) is 9.36. The number of hydrogen-bond acceptors (Lipinski definition) is 3. The largest absolute Gasteiger partial charge is 0.399 e. The third-order valence-corrected chi connectivity index (χ3v) is 5.06. The van der Waals surface area contributed by atoms with E-state index in [1.165, 1.54) is 6.07 Å². The van der Waals surface area contributed by atoms with Crippen LogP contribution in [0.2, 0.25) is 5.02 Å². The Hall–Kier alpha value is -3.11. The molecule has 140 valence electrons. The van der Waals surface area contributed by atoms with Gasteiger partial charge in [0, 0.05) is 22.8 Å².